The maximum atomic E-state index is 12.0. The molecule has 4 atom stereocenters. The number of rotatable bonds is 6. The molecule has 1 fully saturated rings. The lowest BCUT2D eigenvalue weighted by atomic mass is 9.61. The largest absolute Gasteiger partial charge is 0.487 e. The van der Waals surface area contributed by atoms with Gasteiger partial charge < -0.3 is 19.3 Å². The van der Waals surface area contributed by atoms with Crippen molar-refractivity contribution in [2.45, 2.75) is 103 Å². The van der Waals surface area contributed by atoms with Gasteiger partial charge in [-0.3, -0.25) is 9.59 Å². The van der Waals surface area contributed by atoms with Crippen LogP contribution in [0.2, 0.25) is 0 Å². The van der Waals surface area contributed by atoms with Gasteiger partial charge >= 0.3 is 11.9 Å². The molecule has 0 aromatic heterocycles. The first-order valence-corrected chi connectivity index (χ1v) is 11.4. The zero-order chi connectivity index (χ0) is 23.0. The van der Waals surface area contributed by atoms with Crippen LogP contribution in [0.15, 0.2) is 12.1 Å². The van der Waals surface area contributed by atoms with Crippen molar-refractivity contribution in [2.75, 3.05) is 0 Å². The van der Waals surface area contributed by atoms with Gasteiger partial charge in [-0.05, 0) is 64.2 Å². The molecule has 1 aliphatic heterocycles. The van der Waals surface area contributed by atoms with Gasteiger partial charge in [0.2, 0.25) is 0 Å². The Balaban J connectivity index is 2.17. The molecule has 172 valence electrons. The molecule has 2 aliphatic rings. The van der Waals surface area contributed by atoms with Crippen LogP contribution in [0.1, 0.15) is 90.7 Å². The standard InChI is InChI=1S/C25H36O6/c1-7-8-9-10-17-13-19(29-15(2)26)22-20(14-17)31-24(4,5)18-11-12-25(6,28)23(21(18)22)30-16(3)27/h13-14,18,21,23,28H,7-12H2,1-6H3/t18-,21-,23+,25-/m1/s1. The van der Waals surface area contributed by atoms with E-state index in [4.69, 9.17) is 14.2 Å². The van der Waals surface area contributed by atoms with Gasteiger partial charge in [0.25, 0.3) is 0 Å². The minimum absolute atomic E-state index is 0.00942. The molecule has 0 amide bonds. The minimum Gasteiger partial charge on any atom is -0.487 e. The Bertz CT molecular complexity index is 841. The molecular formula is C25H36O6. The Morgan fingerprint density at radius 1 is 1.16 bits per heavy atom. The quantitative estimate of drug-likeness (QED) is 0.399. The monoisotopic (exact) mass is 432 g/mol. The second-order valence-corrected chi connectivity index (χ2v) is 9.82. The zero-order valence-corrected chi connectivity index (χ0v) is 19.6. The third-order valence-corrected chi connectivity index (χ3v) is 6.71. The van der Waals surface area contributed by atoms with Crippen LogP contribution < -0.4 is 9.47 Å². The van der Waals surface area contributed by atoms with Crippen molar-refractivity contribution in [1.82, 2.24) is 0 Å². The van der Waals surface area contributed by atoms with Crippen LogP contribution >= 0.6 is 0 Å². The Morgan fingerprint density at radius 2 is 1.87 bits per heavy atom. The highest BCUT2D eigenvalue weighted by atomic mass is 16.6. The van der Waals surface area contributed by atoms with Gasteiger partial charge in [0.15, 0.2) is 0 Å². The number of unbranched alkanes of at least 4 members (excludes halogenated alkanes) is 2. The second kappa shape index (κ2) is 8.81. The molecule has 31 heavy (non-hydrogen) atoms. The first-order valence-electron chi connectivity index (χ1n) is 11.4. The first-order chi connectivity index (χ1) is 14.5. The fourth-order valence-electron chi connectivity index (χ4n) is 5.27. The number of esters is 2. The lowest BCUT2D eigenvalue weighted by molar-refractivity contribution is -0.184. The minimum atomic E-state index is -1.19. The fraction of sp³-hybridized carbons (Fsp3) is 0.680. The molecule has 3 rings (SSSR count). The van der Waals surface area contributed by atoms with Gasteiger partial charge in [-0.1, -0.05) is 19.8 Å². The number of aryl methyl sites for hydroxylation is 1. The summed E-state index contributed by atoms with van der Waals surface area (Å²) < 4.78 is 17.8. The molecule has 0 saturated heterocycles. The summed E-state index contributed by atoms with van der Waals surface area (Å²) in [5, 5.41) is 11.2. The maximum absolute atomic E-state index is 12.0. The van der Waals surface area contributed by atoms with E-state index in [2.05, 4.69) is 6.92 Å². The van der Waals surface area contributed by atoms with E-state index in [1.165, 1.54) is 13.8 Å². The van der Waals surface area contributed by atoms with Crippen molar-refractivity contribution >= 4 is 11.9 Å². The van der Waals surface area contributed by atoms with Gasteiger partial charge in [0.05, 0.1) is 5.60 Å². The number of carbonyl (C=O) groups is 2. The summed E-state index contributed by atoms with van der Waals surface area (Å²) in [7, 11) is 0. The van der Waals surface area contributed by atoms with Gasteiger partial charge in [-0.15, -0.1) is 0 Å². The number of aliphatic hydroxyl groups is 1. The second-order valence-electron chi connectivity index (χ2n) is 9.82. The van der Waals surface area contributed by atoms with Crippen molar-refractivity contribution in [3.63, 3.8) is 0 Å². The van der Waals surface area contributed by atoms with E-state index in [9.17, 15) is 14.7 Å². The molecule has 1 heterocycles. The van der Waals surface area contributed by atoms with E-state index in [1.807, 2.05) is 26.0 Å². The summed E-state index contributed by atoms with van der Waals surface area (Å²) in [4.78, 5) is 23.9. The van der Waals surface area contributed by atoms with E-state index in [-0.39, 0.29) is 11.8 Å². The van der Waals surface area contributed by atoms with Gasteiger partial charge in [0, 0.05) is 31.2 Å². The molecular weight excluding hydrogens is 396 g/mol. The van der Waals surface area contributed by atoms with Crippen molar-refractivity contribution < 1.29 is 28.9 Å². The molecule has 0 bridgehead atoms. The normalized spacial score (nSPS) is 28.7. The summed E-state index contributed by atoms with van der Waals surface area (Å²) in [6, 6.07) is 3.92. The Hall–Kier alpha value is -2.08. The molecule has 6 heteroatoms. The fourth-order valence-corrected chi connectivity index (χ4v) is 5.27. The lowest BCUT2D eigenvalue weighted by Gasteiger charge is -2.53. The highest BCUT2D eigenvalue weighted by Crippen LogP contribution is 2.57. The summed E-state index contributed by atoms with van der Waals surface area (Å²) in [5.41, 5.74) is 0.0433. The number of ether oxygens (including phenoxy) is 3. The third-order valence-electron chi connectivity index (χ3n) is 6.71. The summed E-state index contributed by atoms with van der Waals surface area (Å²) in [5.74, 6) is -0.124. The average Bonchev–Trinajstić information content (AvgIpc) is 2.62. The average molecular weight is 433 g/mol. The topological polar surface area (TPSA) is 82.1 Å². The summed E-state index contributed by atoms with van der Waals surface area (Å²) >= 11 is 0. The molecule has 1 aromatic carbocycles. The predicted molar refractivity (Wildman–Crippen MR) is 117 cm³/mol. The van der Waals surface area contributed by atoms with Crippen molar-refractivity contribution in [1.29, 1.82) is 0 Å². The number of benzene rings is 1. The smallest absolute Gasteiger partial charge is 0.308 e. The molecule has 0 radical (unpaired) electrons. The summed E-state index contributed by atoms with van der Waals surface area (Å²) in [6.07, 6.45) is 4.58. The first kappa shape index (κ1) is 23.6. The molecule has 0 unspecified atom stereocenters. The van der Waals surface area contributed by atoms with Crippen LogP contribution in [0.5, 0.6) is 11.5 Å². The van der Waals surface area contributed by atoms with Crippen LogP contribution in [0.3, 0.4) is 0 Å². The van der Waals surface area contributed by atoms with Crippen LogP contribution in [-0.2, 0) is 20.7 Å². The Morgan fingerprint density at radius 3 is 2.48 bits per heavy atom. The van der Waals surface area contributed by atoms with Crippen LogP contribution in [-0.4, -0.2) is 34.4 Å². The molecule has 1 N–H and O–H groups in total. The molecule has 6 nitrogen and oxygen atoms in total. The molecule has 1 aromatic rings. The molecule has 1 saturated carbocycles. The van der Waals surface area contributed by atoms with E-state index < -0.39 is 29.2 Å². The van der Waals surface area contributed by atoms with Gasteiger partial charge in [0.1, 0.15) is 23.2 Å². The van der Waals surface area contributed by atoms with E-state index >= 15 is 0 Å². The maximum Gasteiger partial charge on any atom is 0.308 e. The lowest BCUT2D eigenvalue weighted by Crippen LogP contribution is -2.58. The Kier molecular flexibility index (Phi) is 6.70. The number of carbonyl (C=O) groups excluding carboxylic acids is 2. The van der Waals surface area contributed by atoms with Gasteiger partial charge in [-0.2, -0.15) is 0 Å². The van der Waals surface area contributed by atoms with Gasteiger partial charge in [-0.25, -0.2) is 0 Å². The Labute approximate surface area is 185 Å². The van der Waals surface area contributed by atoms with Crippen molar-refractivity contribution in [2.24, 2.45) is 5.92 Å². The zero-order valence-electron chi connectivity index (χ0n) is 19.6. The number of hydrogen-bond donors (Lipinski definition) is 1. The summed E-state index contributed by atoms with van der Waals surface area (Å²) in [6.45, 7) is 10.7. The van der Waals surface area contributed by atoms with E-state index in [0.717, 1.165) is 31.2 Å². The SMILES string of the molecule is CCCCCc1cc(OC(C)=O)c2c(c1)OC(C)(C)[C@@H]1CC[C@@](C)(O)[C@@H](OC(C)=O)[C@@H]21. The highest BCUT2D eigenvalue weighted by molar-refractivity contribution is 5.71. The van der Waals surface area contributed by atoms with Crippen LogP contribution in [0, 0.1) is 5.92 Å². The predicted octanol–water partition coefficient (Wildman–Crippen LogP) is 4.69. The van der Waals surface area contributed by atoms with Crippen molar-refractivity contribution in [3.8, 4) is 11.5 Å². The number of hydrogen-bond acceptors (Lipinski definition) is 6. The number of fused-ring (bicyclic) bond motifs is 3. The van der Waals surface area contributed by atoms with Crippen LogP contribution in [0.4, 0.5) is 0 Å². The third kappa shape index (κ3) is 4.89. The van der Waals surface area contributed by atoms with Crippen molar-refractivity contribution in [3.05, 3.63) is 23.3 Å². The molecule has 1 aliphatic carbocycles. The van der Waals surface area contributed by atoms with Crippen LogP contribution in [0.25, 0.3) is 0 Å². The highest BCUT2D eigenvalue weighted by Gasteiger charge is 2.57. The molecule has 0 spiro atoms. The van der Waals surface area contributed by atoms with E-state index in [0.29, 0.717) is 29.9 Å². The van der Waals surface area contributed by atoms with E-state index in [1.54, 1.807) is 6.92 Å².